The molecular weight excluding hydrogens is 236 g/mol. The van der Waals surface area contributed by atoms with E-state index in [2.05, 4.69) is 45.3 Å². The third-order valence-corrected chi connectivity index (χ3v) is 5.76. The zero-order valence-corrected chi connectivity index (χ0v) is 13.2. The number of hydrogen-bond donors (Lipinski definition) is 2. The molecule has 0 spiro atoms. The molecule has 0 aliphatic heterocycles. The van der Waals surface area contributed by atoms with Gasteiger partial charge in [0.25, 0.3) is 0 Å². The lowest BCUT2D eigenvalue weighted by molar-refractivity contribution is -0.121. The molecule has 2 bridgehead atoms. The molecule has 2 rings (SSSR count). The third-order valence-electron chi connectivity index (χ3n) is 5.76. The number of carbonyl (C=O) groups excluding carboxylic acids is 1. The van der Waals surface area contributed by atoms with Crippen molar-refractivity contribution in [1.29, 1.82) is 0 Å². The molecule has 0 aromatic heterocycles. The highest BCUT2D eigenvalue weighted by Crippen LogP contribution is 2.62. The van der Waals surface area contributed by atoms with E-state index in [0.29, 0.717) is 23.4 Å². The van der Waals surface area contributed by atoms with Crippen LogP contribution >= 0.6 is 0 Å². The highest BCUT2D eigenvalue weighted by Gasteiger charge is 2.58. The Balaban J connectivity index is 1.91. The fourth-order valence-electron chi connectivity index (χ4n) is 4.43. The van der Waals surface area contributed by atoms with Gasteiger partial charge >= 0.3 is 0 Å². The average Bonchev–Trinajstić information content (AvgIpc) is 2.79. The number of rotatable bonds is 5. The second kappa shape index (κ2) is 5.08. The van der Waals surface area contributed by atoms with Crippen molar-refractivity contribution in [2.45, 2.75) is 72.4 Å². The minimum absolute atomic E-state index is 0.136. The molecule has 2 saturated carbocycles. The van der Waals surface area contributed by atoms with Crippen LogP contribution < -0.4 is 10.6 Å². The van der Waals surface area contributed by atoms with Crippen molar-refractivity contribution in [3.8, 4) is 0 Å². The van der Waals surface area contributed by atoms with E-state index in [1.54, 1.807) is 0 Å². The lowest BCUT2D eigenvalue weighted by Gasteiger charge is -2.43. The normalized spacial score (nSPS) is 37.3. The summed E-state index contributed by atoms with van der Waals surface area (Å²) >= 11 is 0. The Morgan fingerprint density at radius 3 is 2.58 bits per heavy atom. The van der Waals surface area contributed by atoms with Crippen LogP contribution in [-0.4, -0.2) is 24.5 Å². The summed E-state index contributed by atoms with van der Waals surface area (Å²) in [5, 5.41) is 6.60. The molecule has 3 heteroatoms. The van der Waals surface area contributed by atoms with Crippen molar-refractivity contribution in [2.75, 3.05) is 6.54 Å². The van der Waals surface area contributed by atoms with E-state index >= 15 is 0 Å². The van der Waals surface area contributed by atoms with Crippen LogP contribution in [0.1, 0.15) is 60.3 Å². The van der Waals surface area contributed by atoms with E-state index in [0.717, 1.165) is 12.3 Å². The van der Waals surface area contributed by atoms with Crippen molar-refractivity contribution in [1.82, 2.24) is 10.6 Å². The summed E-state index contributed by atoms with van der Waals surface area (Å²) in [7, 11) is 0. The maximum atomic E-state index is 11.9. The summed E-state index contributed by atoms with van der Waals surface area (Å²) in [6.07, 6.45) is 4.98. The molecule has 0 aromatic rings. The quantitative estimate of drug-likeness (QED) is 0.803. The van der Waals surface area contributed by atoms with Crippen LogP contribution in [0, 0.1) is 16.7 Å². The summed E-state index contributed by atoms with van der Waals surface area (Å²) in [5.74, 6) is 0.962. The van der Waals surface area contributed by atoms with E-state index in [1.165, 1.54) is 19.3 Å². The van der Waals surface area contributed by atoms with Crippen molar-refractivity contribution in [2.24, 2.45) is 16.7 Å². The zero-order chi connectivity index (χ0) is 14.3. The fourth-order valence-corrected chi connectivity index (χ4v) is 4.43. The Kier molecular flexibility index (Phi) is 3.97. The first-order valence-electron chi connectivity index (χ1n) is 7.82. The number of nitrogens with one attached hydrogen (secondary N) is 2. The Bertz CT molecular complexity index is 348. The second-order valence-electron chi connectivity index (χ2n) is 7.61. The standard InChI is InChI=1S/C16H30N2O/c1-6-11(2)18-13(19)10-17-14-15(3,4)12-7-8-16(14,5)9-12/h11-12,14,17H,6-10H2,1-5H3,(H,18,19). The second-order valence-corrected chi connectivity index (χ2v) is 7.61. The third kappa shape index (κ3) is 2.67. The number of carbonyl (C=O) groups is 1. The van der Waals surface area contributed by atoms with Crippen LogP contribution in [0.25, 0.3) is 0 Å². The van der Waals surface area contributed by atoms with Gasteiger partial charge in [0.1, 0.15) is 0 Å². The van der Waals surface area contributed by atoms with Crippen LogP contribution in [-0.2, 0) is 4.79 Å². The Morgan fingerprint density at radius 2 is 2.05 bits per heavy atom. The molecule has 0 heterocycles. The number of amides is 1. The molecule has 110 valence electrons. The van der Waals surface area contributed by atoms with Gasteiger partial charge in [0.2, 0.25) is 5.91 Å². The van der Waals surface area contributed by atoms with E-state index in [9.17, 15) is 4.79 Å². The summed E-state index contributed by atoms with van der Waals surface area (Å²) in [6, 6.07) is 0.749. The van der Waals surface area contributed by atoms with Crippen molar-refractivity contribution >= 4 is 5.91 Å². The van der Waals surface area contributed by atoms with E-state index in [-0.39, 0.29) is 11.9 Å². The molecule has 4 unspecified atom stereocenters. The van der Waals surface area contributed by atoms with Gasteiger partial charge in [0.15, 0.2) is 0 Å². The number of hydrogen-bond acceptors (Lipinski definition) is 2. The summed E-state index contributed by atoms with van der Waals surface area (Å²) in [5.41, 5.74) is 0.717. The molecular formula is C16H30N2O. The van der Waals surface area contributed by atoms with E-state index in [4.69, 9.17) is 0 Å². The lowest BCUT2D eigenvalue weighted by atomic mass is 9.68. The summed E-state index contributed by atoms with van der Waals surface area (Å²) < 4.78 is 0. The first-order valence-corrected chi connectivity index (χ1v) is 7.82. The predicted octanol–water partition coefficient (Wildman–Crippen LogP) is 2.71. The van der Waals surface area contributed by atoms with Crippen LogP contribution in [0.4, 0.5) is 0 Å². The van der Waals surface area contributed by atoms with Gasteiger partial charge in [0.05, 0.1) is 6.54 Å². The molecule has 4 atom stereocenters. The Hall–Kier alpha value is -0.570. The SMILES string of the molecule is CCC(C)NC(=O)CNC1C2(C)CCC(C2)C1(C)C. The Labute approximate surface area is 117 Å². The first kappa shape index (κ1) is 14.8. The fraction of sp³-hybridized carbons (Fsp3) is 0.938. The topological polar surface area (TPSA) is 41.1 Å². The van der Waals surface area contributed by atoms with Crippen LogP contribution in [0.2, 0.25) is 0 Å². The maximum Gasteiger partial charge on any atom is 0.234 e. The summed E-state index contributed by atoms with van der Waals surface area (Å²) in [6.45, 7) is 11.7. The largest absolute Gasteiger partial charge is 0.353 e. The monoisotopic (exact) mass is 266 g/mol. The van der Waals surface area contributed by atoms with Gasteiger partial charge in [-0.15, -0.1) is 0 Å². The molecule has 0 aromatic carbocycles. The van der Waals surface area contributed by atoms with Gasteiger partial charge in [-0.2, -0.15) is 0 Å². The minimum atomic E-state index is 0.136. The Morgan fingerprint density at radius 1 is 1.37 bits per heavy atom. The molecule has 2 aliphatic carbocycles. The van der Waals surface area contributed by atoms with Gasteiger partial charge in [-0.25, -0.2) is 0 Å². The average molecular weight is 266 g/mol. The highest BCUT2D eigenvalue weighted by molar-refractivity contribution is 5.78. The zero-order valence-electron chi connectivity index (χ0n) is 13.2. The molecule has 0 radical (unpaired) electrons. The molecule has 19 heavy (non-hydrogen) atoms. The molecule has 2 N–H and O–H groups in total. The van der Waals surface area contributed by atoms with E-state index < -0.39 is 0 Å². The predicted molar refractivity (Wildman–Crippen MR) is 78.9 cm³/mol. The smallest absolute Gasteiger partial charge is 0.234 e. The minimum Gasteiger partial charge on any atom is -0.353 e. The molecule has 2 aliphatic rings. The summed E-state index contributed by atoms with van der Waals surface area (Å²) in [4.78, 5) is 11.9. The van der Waals surface area contributed by atoms with Crippen molar-refractivity contribution < 1.29 is 4.79 Å². The van der Waals surface area contributed by atoms with E-state index in [1.807, 2.05) is 0 Å². The van der Waals surface area contributed by atoms with Gasteiger partial charge in [0, 0.05) is 12.1 Å². The maximum absolute atomic E-state index is 11.9. The molecule has 3 nitrogen and oxygen atoms in total. The molecule has 0 saturated heterocycles. The highest BCUT2D eigenvalue weighted by atomic mass is 16.1. The molecule has 2 fully saturated rings. The van der Waals surface area contributed by atoms with Gasteiger partial charge in [-0.3, -0.25) is 4.79 Å². The van der Waals surface area contributed by atoms with Crippen LogP contribution in [0.3, 0.4) is 0 Å². The van der Waals surface area contributed by atoms with Gasteiger partial charge in [-0.1, -0.05) is 27.7 Å². The molecule has 1 amide bonds. The van der Waals surface area contributed by atoms with Crippen molar-refractivity contribution in [3.63, 3.8) is 0 Å². The lowest BCUT2D eigenvalue weighted by Crippen LogP contribution is -2.53. The van der Waals surface area contributed by atoms with Gasteiger partial charge in [-0.05, 0) is 49.4 Å². The first-order chi connectivity index (χ1) is 8.79. The number of fused-ring (bicyclic) bond motifs is 2. The van der Waals surface area contributed by atoms with Gasteiger partial charge < -0.3 is 10.6 Å². The van der Waals surface area contributed by atoms with Crippen molar-refractivity contribution in [3.05, 3.63) is 0 Å². The van der Waals surface area contributed by atoms with Crippen LogP contribution in [0.15, 0.2) is 0 Å². The van der Waals surface area contributed by atoms with Crippen LogP contribution in [0.5, 0.6) is 0 Å².